The van der Waals surface area contributed by atoms with Crippen molar-refractivity contribution >= 4 is 16.9 Å². The van der Waals surface area contributed by atoms with E-state index in [9.17, 15) is 5.11 Å². The number of benzene rings is 2. The zero-order chi connectivity index (χ0) is 19.2. The largest absolute Gasteiger partial charge is 1.00 e. The van der Waals surface area contributed by atoms with Crippen LogP contribution in [0, 0.1) is 0 Å². The topological polar surface area (TPSA) is 20.2 Å². The van der Waals surface area contributed by atoms with Gasteiger partial charge in [-0.05, 0) is 0 Å². The summed E-state index contributed by atoms with van der Waals surface area (Å²) in [6.07, 6.45) is 6.72. The third-order valence-electron chi connectivity index (χ3n) is 6.34. The maximum absolute atomic E-state index is 9.31. The van der Waals surface area contributed by atoms with E-state index >= 15 is 0 Å². The second kappa shape index (κ2) is 9.79. The van der Waals surface area contributed by atoms with Crippen molar-refractivity contribution in [2.45, 2.75) is 44.8 Å². The van der Waals surface area contributed by atoms with Crippen LogP contribution in [0.1, 0.15) is 42.4 Å². The van der Waals surface area contributed by atoms with E-state index in [1.807, 2.05) is 0 Å². The molecular weight excluding hydrogens is 494 g/mol. The predicted molar refractivity (Wildman–Crippen MR) is 114 cm³/mol. The SMILES string of the molecule is CC1c2ccccc2-c2ccc(C3=C([Si](C)(C)CCCO)C=CC3)[c]([Zr+2])c21.[Cl-].[Cl-]. The number of hydrogen-bond acceptors (Lipinski definition) is 1. The summed E-state index contributed by atoms with van der Waals surface area (Å²) in [6.45, 7) is 7.59. The van der Waals surface area contributed by atoms with Crippen LogP contribution in [0.2, 0.25) is 19.1 Å². The zero-order valence-electron chi connectivity index (χ0n) is 17.2. The van der Waals surface area contributed by atoms with Gasteiger partial charge in [0.05, 0.1) is 0 Å². The summed E-state index contributed by atoms with van der Waals surface area (Å²) in [5.41, 5.74) is 8.94. The van der Waals surface area contributed by atoms with Crippen molar-refractivity contribution in [2.24, 2.45) is 0 Å². The summed E-state index contributed by atoms with van der Waals surface area (Å²) < 4.78 is 1.55. The van der Waals surface area contributed by atoms with Crippen LogP contribution in [0.4, 0.5) is 0 Å². The molecule has 1 nitrogen and oxygen atoms in total. The Kier molecular flexibility index (Phi) is 8.38. The van der Waals surface area contributed by atoms with Gasteiger partial charge < -0.3 is 24.8 Å². The first-order chi connectivity index (χ1) is 13.0. The first-order valence-corrected chi connectivity index (χ1v) is 14.4. The van der Waals surface area contributed by atoms with Gasteiger partial charge in [0.2, 0.25) is 0 Å². The molecule has 0 aromatic heterocycles. The molecule has 0 aliphatic heterocycles. The quantitative estimate of drug-likeness (QED) is 0.519. The van der Waals surface area contributed by atoms with Crippen LogP contribution in [0.15, 0.2) is 53.7 Å². The fraction of sp³-hybridized carbons (Fsp3) is 0.333. The summed E-state index contributed by atoms with van der Waals surface area (Å²) in [4.78, 5) is 0. The number of rotatable bonds is 5. The normalized spacial score (nSPS) is 17.0. The molecule has 0 spiro atoms. The number of hydrogen-bond donors (Lipinski definition) is 1. The fourth-order valence-corrected chi connectivity index (χ4v) is 9.25. The molecule has 1 N–H and O–H groups in total. The number of aliphatic hydroxyl groups excluding tert-OH is 1. The van der Waals surface area contributed by atoms with Gasteiger partial charge in [0.15, 0.2) is 0 Å². The molecule has 0 heterocycles. The van der Waals surface area contributed by atoms with Gasteiger partial charge in [-0.2, -0.15) is 0 Å². The summed E-state index contributed by atoms with van der Waals surface area (Å²) in [5, 5.41) is 10.9. The molecule has 2 aromatic carbocycles. The molecule has 0 fully saturated rings. The second-order valence-electron chi connectivity index (χ2n) is 8.47. The molecule has 2 aliphatic carbocycles. The Balaban J connectivity index is 0.00000150. The number of aliphatic hydroxyl groups is 1. The van der Waals surface area contributed by atoms with E-state index in [0.717, 1.165) is 18.9 Å². The first-order valence-electron chi connectivity index (χ1n) is 9.95. The van der Waals surface area contributed by atoms with E-state index in [1.165, 1.54) is 47.0 Å². The van der Waals surface area contributed by atoms with Crippen molar-refractivity contribution in [3.05, 3.63) is 70.4 Å². The Morgan fingerprint density at radius 1 is 1.03 bits per heavy atom. The Morgan fingerprint density at radius 3 is 2.45 bits per heavy atom. The van der Waals surface area contributed by atoms with Crippen LogP contribution in [0.25, 0.3) is 16.7 Å². The second-order valence-corrected chi connectivity index (χ2v) is 14.5. The minimum absolute atomic E-state index is 0. The minimum Gasteiger partial charge on any atom is -1.00 e. The maximum atomic E-state index is 9.31. The molecule has 1 unspecified atom stereocenters. The average Bonchev–Trinajstić information content (AvgIpc) is 3.26. The fourth-order valence-electron chi connectivity index (χ4n) is 4.88. The van der Waals surface area contributed by atoms with Crippen LogP contribution in [0.3, 0.4) is 0 Å². The molecule has 0 saturated carbocycles. The smallest absolute Gasteiger partial charge is 1.00 e. The summed E-state index contributed by atoms with van der Waals surface area (Å²) in [7, 11) is -1.52. The van der Waals surface area contributed by atoms with E-state index in [-0.39, 0.29) is 24.8 Å². The van der Waals surface area contributed by atoms with Crippen LogP contribution < -0.4 is 28.1 Å². The van der Waals surface area contributed by atoms with Crippen molar-refractivity contribution in [1.29, 1.82) is 0 Å². The van der Waals surface area contributed by atoms with E-state index in [4.69, 9.17) is 0 Å². The zero-order valence-corrected chi connectivity index (χ0v) is 22.2. The number of halogens is 2. The third-order valence-corrected chi connectivity index (χ3v) is 11.2. The van der Waals surface area contributed by atoms with Crippen molar-refractivity contribution in [3.8, 4) is 11.1 Å². The number of allylic oxidation sites excluding steroid dienone is 4. The van der Waals surface area contributed by atoms with Crippen molar-refractivity contribution in [2.75, 3.05) is 6.61 Å². The van der Waals surface area contributed by atoms with Crippen molar-refractivity contribution in [1.82, 2.24) is 0 Å². The molecule has 151 valence electrons. The maximum Gasteiger partial charge on any atom is -1.00 e. The third kappa shape index (κ3) is 4.32. The molecule has 2 aliphatic rings. The van der Waals surface area contributed by atoms with Crippen LogP contribution in [-0.4, -0.2) is 19.8 Å². The van der Waals surface area contributed by atoms with E-state index in [2.05, 4.69) is 68.6 Å². The van der Waals surface area contributed by atoms with Gasteiger partial charge in [0, 0.05) is 0 Å². The molecule has 0 radical (unpaired) electrons. The summed E-state index contributed by atoms with van der Waals surface area (Å²) in [6, 6.07) is 14.8. The molecule has 2 aromatic rings. The van der Waals surface area contributed by atoms with Crippen molar-refractivity contribution < 1.29 is 54.6 Å². The minimum atomic E-state index is -1.52. The summed E-state index contributed by atoms with van der Waals surface area (Å²) in [5.74, 6) is 0.489. The molecular formula is C24H27Cl2OSiZr. The van der Waals surface area contributed by atoms with E-state index < -0.39 is 8.07 Å². The Labute approximate surface area is 203 Å². The van der Waals surface area contributed by atoms with Gasteiger partial charge in [-0.15, -0.1) is 0 Å². The van der Waals surface area contributed by atoms with E-state index in [0.29, 0.717) is 12.5 Å². The molecule has 4 rings (SSSR count). The number of fused-ring (bicyclic) bond motifs is 3. The summed E-state index contributed by atoms with van der Waals surface area (Å²) >= 11 is 1.51. The van der Waals surface area contributed by atoms with Crippen LogP contribution in [-0.2, 0) is 24.7 Å². The molecule has 1 atom stereocenters. The van der Waals surface area contributed by atoms with Crippen LogP contribution >= 0.6 is 0 Å². The van der Waals surface area contributed by atoms with Gasteiger partial charge in [-0.25, -0.2) is 0 Å². The first kappa shape index (κ1) is 24.8. The Morgan fingerprint density at radius 2 is 1.72 bits per heavy atom. The average molecular weight is 522 g/mol. The van der Waals surface area contributed by atoms with Crippen molar-refractivity contribution in [3.63, 3.8) is 0 Å². The molecule has 5 heteroatoms. The monoisotopic (exact) mass is 519 g/mol. The molecule has 0 amide bonds. The Bertz CT molecular complexity index is 965. The molecule has 0 bridgehead atoms. The van der Waals surface area contributed by atoms with Gasteiger partial charge in [0.1, 0.15) is 0 Å². The standard InChI is InChI=1S/C24H27OSi.2ClH.Zr/c1-17-19-8-4-5-9-21(19)22-13-12-18(16-23(17)22)20-10-6-11-24(20)26(2,3)15-7-14-25;;;/h4-6,8-9,11-13,17,25H,7,10,14-15H2,1-3H3;2*1H;/q;;;+2/p-2. The van der Waals surface area contributed by atoms with Gasteiger partial charge >= 0.3 is 180 Å². The van der Waals surface area contributed by atoms with Gasteiger partial charge in [-0.1, -0.05) is 0 Å². The predicted octanol–water partition coefficient (Wildman–Crippen LogP) is -0.658. The van der Waals surface area contributed by atoms with Crippen LogP contribution in [0.5, 0.6) is 0 Å². The Hall–Kier alpha value is -0.440. The molecule has 0 saturated heterocycles. The van der Waals surface area contributed by atoms with Gasteiger partial charge in [0.25, 0.3) is 0 Å². The molecule has 29 heavy (non-hydrogen) atoms. The van der Waals surface area contributed by atoms with E-state index in [1.54, 1.807) is 19.6 Å². The van der Waals surface area contributed by atoms with Gasteiger partial charge in [-0.3, -0.25) is 0 Å².